The van der Waals surface area contributed by atoms with Crippen molar-refractivity contribution in [2.24, 2.45) is 0 Å². The highest BCUT2D eigenvalue weighted by atomic mass is 35.5. The van der Waals surface area contributed by atoms with E-state index >= 15 is 0 Å². The lowest BCUT2D eigenvalue weighted by Gasteiger charge is -2.09. The summed E-state index contributed by atoms with van der Waals surface area (Å²) in [5, 5.41) is 1.19. The number of alkyl halides is 1. The largest absolute Gasteiger partial charge is 0.123 e. The summed E-state index contributed by atoms with van der Waals surface area (Å²) < 4.78 is 0. The molecule has 0 aromatic heterocycles. The molecule has 2 heteroatoms. The summed E-state index contributed by atoms with van der Waals surface area (Å²) in [5.74, 6) is 0.626. The number of hydrogen-bond acceptors (Lipinski definition) is 0. The zero-order chi connectivity index (χ0) is 9.26. The van der Waals surface area contributed by atoms with E-state index in [9.17, 15) is 0 Å². The van der Waals surface area contributed by atoms with Gasteiger partial charge in [-0.3, -0.25) is 0 Å². The van der Waals surface area contributed by atoms with E-state index in [0.29, 0.717) is 11.3 Å². The molecule has 0 nitrogen and oxygen atoms in total. The molecule has 0 saturated heterocycles. The molecule has 2 unspecified atom stereocenters. The Morgan fingerprint density at radius 2 is 2.08 bits per heavy atom. The molecule has 0 amide bonds. The Kier molecular flexibility index (Phi) is 2.80. The number of halogens is 2. The van der Waals surface area contributed by atoms with Crippen LogP contribution in [0.5, 0.6) is 0 Å². The average molecular weight is 215 g/mol. The van der Waals surface area contributed by atoms with E-state index in [1.165, 1.54) is 12.0 Å². The number of benzene rings is 1. The Morgan fingerprint density at radius 3 is 2.69 bits per heavy atom. The van der Waals surface area contributed by atoms with Gasteiger partial charge in [0.15, 0.2) is 0 Å². The van der Waals surface area contributed by atoms with Gasteiger partial charge in [-0.05, 0) is 42.9 Å². The first-order valence-corrected chi connectivity index (χ1v) is 5.46. The molecule has 13 heavy (non-hydrogen) atoms. The van der Waals surface area contributed by atoms with Gasteiger partial charge in [0.25, 0.3) is 0 Å². The molecule has 2 rings (SSSR count). The van der Waals surface area contributed by atoms with Crippen LogP contribution in [0.3, 0.4) is 0 Å². The van der Waals surface area contributed by atoms with Crippen molar-refractivity contribution in [2.75, 3.05) is 0 Å². The first-order chi connectivity index (χ1) is 6.25. The van der Waals surface area contributed by atoms with Crippen LogP contribution in [0.1, 0.15) is 30.7 Å². The topological polar surface area (TPSA) is 0 Å². The van der Waals surface area contributed by atoms with Crippen LogP contribution in [-0.4, -0.2) is 5.38 Å². The van der Waals surface area contributed by atoms with E-state index in [0.717, 1.165) is 17.9 Å². The summed E-state index contributed by atoms with van der Waals surface area (Å²) in [6, 6.07) is 8.13. The van der Waals surface area contributed by atoms with E-state index in [4.69, 9.17) is 23.2 Å². The lowest BCUT2D eigenvalue weighted by molar-refractivity contribution is 0.724. The third kappa shape index (κ3) is 2.18. The van der Waals surface area contributed by atoms with Crippen LogP contribution in [0.15, 0.2) is 24.3 Å². The van der Waals surface area contributed by atoms with Gasteiger partial charge >= 0.3 is 0 Å². The maximum Gasteiger partial charge on any atom is 0.0408 e. The highest BCUT2D eigenvalue weighted by molar-refractivity contribution is 6.30. The quantitative estimate of drug-likeness (QED) is 0.615. The van der Waals surface area contributed by atoms with Crippen LogP contribution in [0.2, 0.25) is 5.02 Å². The summed E-state index contributed by atoms with van der Waals surface area (Å²) in [4.78, 5) is 0. The van der Waals surface area contributed by atoms with E-state index in [1.807, 2.05) is 12.1 Å². The second-order valence-corrected chi connectivity index (χ2v) is 4.72. The minimum atomic E-state index is 0.365. The van der Waals surface area contributed by atoms with Gasteiger partial charge in [0.05, 0.1) is 0 Å². The Labute approximate surface area is 88.9 Å². The Morgan fingerprint density at radius 1 is 1.23 bits per heavy atom. The van der Waals surface area contributed by atoms with Crippen molar-refractivity contribution in [3.05, 3.63) is 34.9 Å². The predicted octanol–water partition coefficient (Wildman–Crippen LogP) is 4.21. The maximum absolute atomic E-state index is 6.06. The summed E-state index contributed by atoms with van der Waals surface area (Å²) in [6.45, 7) is 0. The van der Waals surface area contributed by atoms with Crippen molar-refractivity contribution < 1.29 is 0 Å². The Hall–Kier alpha value is -0.200. The lowest BCUT2D eigenvalue weighted by atomic mass is 9.98. The van der Waals surface area contributed by atoms with Gasteiger partial charge in [-0.15, -0.1) is 11.6 Å². The number of hydrogen-bond donors (Lipinski definition) is 0. The Bertz CT molecular complexity index is 296. The van der Waals surface area contributed by atoms with Gasteiger partial charge in [0, 0.05) is 10.4 Å². The summed E-state index contributed by atoms with van der Waals surface area (Å²) >= 11 is 12.0. The molecule has 2 atom stereocenters. The van der Waals surface area contributed by atoms with Crippen molar-refractivity contribution >= 4 is 23.2 Å². The molecule has 0 N–H and O–H groups in total. The van der Waals surface area contributed by atoms with Crippen molar-refractivity contribution in [2.45, 2.75) is 30.6 Å². The standard InChI is InChI=1S/C11H12Cl2/c12-10-3-1-2-8(6-10)9-4-5-11(13)7-9/h1-3,6,9,11H,4-5,7H2. The van der Waals surface area contributed by atoms with Crippen LogP contribution >= 0.6 is 23.2 Å². The van der Waals surface area contributed by atoms with Crippen molar-refractivity contribution in [1.29, 1.82) is 0 Å². The molecule has 0 bridgehead atoms. The predicted molar refractivity (Wildman–Crippen MR) is 57.7 cm³/mol. The van der Waals surface area contributed by atoms with Crippen LogP contribution in [-0.2, 0) is 0 Å². The van der Waals surface area contributed by atoms with Gasteiger partial charge in [-0.25, -0.2) is 0 Å². The fourth-order valence-corrected chi connectivity index (χ4v) is 2.53. The van der Waals surface area contributed by atoms with Crippen molar-refractivity contribution in [3.8, 4) is 0 Å². The van der Waals surface area contributed by atoms with E-state index in [2.05, 4.69) is 12.1 Å². The van der Waals surface area contributed by atoms with E-state index in [-0.39, 0.29) is 0 Å². The van der Waals surface area contributed by atoms with Crippen LogP contribution < -0.4 is 0 Å². The van der Waals surface area contributed by atoms with E-state index in [1.54, 1.807) is 0 Å². The zero-order valence-electron chi connectivity index (χ0n) is 7.34. The highest BCUT2D eigenvalue weighted by Crippen LogP contribution is 2.37. The summed E-state index contributed by atoms with van der Waals surface area (Å²) in [7, 11) is 0. The minimum absolute atomic E-state index is 0.365. The molecular formula is C11H12Cl2. The maximum atomic E-state index is 6.06. The molecule has 1 aromatic carbocycles. The van der Waals surface area contributed by atoms with Gasteiger partial charge in [-0.1, -0.05) is 23.7 Å². The molecule has 0 heterocycles. The molecule has 70 valence electrons. The van der Waals surface area contributed by atoms with Crippen LogP contribution in [0.25, 0.3) is 0 Å². The fourth-order valence-electron chi connectivity index (χ4n) is 1.99. The van der Waals surface area contributed by atoms with Crippen LogP contribution in [0, 0.1) is 0 Å². The molecule has 0 spiro atoms. The van der Waals surface area contributed by atoms with Gasteiger partial charge in [0.1, 0.15) is 0 Å². The minimum Gasteiger partial charge on any atom is -0.123 e. The average Bonchev–Trinajstić information content (AvgIpc) is 2.52. The second kappa shape index (κ2) is 3.89. The monoisotopic (exact) mass is 214 g/mol. The third-order valence-electron chi connectivity index (χ3n) is 2.69. The third-order valence-corrected chi connectivity index (χ3v) is 3.32. The highest BCUT2D eigenvalue weighted by Gasteiger charge is 2.23. The van der Waals surface area contributed by atoms with E-state index < -0.39 is 0 Å². The second-order valence-electron chi connectivity index (χ2n) is 3.66. The lowest BCUT2D eigenvalue weighted by Crippen LogP contribution is -1.93. The van der Waals surface area contributed by atoms with Gasteiger partial charge in [0.2, 0.25) is 0 Å². The first kappa shape index (κ1) is 9.36. The zero-order valence-corrected chi connectivity index (χ0v) is 8.85. The van der Waals surface area contributed by atoms with Crippen molar-refractivity contribution in [3.63, 3.8) is 0 Å². The normalized spacial score (nSPS) is 27.8. The van der Waals surface area contributed by atoms with Gasteiger partial charge < -0.3 is 0 Å². The molecule has 1 aromatic rings. The van der Waals surface area contributed by atoms with Crippen molar-refractivity contribution in [1.82, 2.24) is 0 Å². The smallest absolute Gasteiger partial charge is 0.0408 e. The fraction of sp³-hybridized carbons (Fsp3) is 0.455. The summed E-state index contributed by atoms with van der Waals surface area (Å²) in [6.07, 6.45) is 3.44. The molecule has 1 fully saturated rings. The Balaban J connectivity index is 2.16. The first-order valence-electron chi connectivity index (χ1n) is 4.65. The summed E-state index contributed by atoms with van der Waals surface area (Å²) in [5.41, 5.74) is 1.34. The molecule has 0 radical (unpaired) electrons. The molecule has 1 aliphatic rings. The van der Waals surface area contributed by atoms with Gasteiger partial charge in [-0.2, -0.15) is 0 Å². The molecule has 1 aliphatic carbocycles. The SMILES string of the molecule is Clc1cccc(C2CCC(Cl)C2)c1. The molecule has 0 aliphatic heterocycles. The molecular weight excluding hydrogens is 203 g/mol. The molecule has 1 saturated carbocycles. The number of rotatable bonds is 1. The van der Waals surface area contributed by atoms with Crippen LogP contribution in [0.4, 0.5) is 0 Å².